The Bertz CT molecular complexity index is 1190. The molecule has 2 amide bonds. The molecule has 2 aliphatic heterocycles. The van der Waals surface area contributed by atoms with Gasteiger partial charge in [-0.05, 0) is 30.5 Å². The molecule has 5 rings (SSSR count). The third kappa shape index (κ3) is 3.90. The average Bonchev–Trinajstić information content (AvgIpc) is 3.49. The number of halogens is 3. The van der Waals surface area contributed by atoms with Crippen LogP contribution in [0.15, 0.2) is 48.7 Å². The zero-order valence-corrected chi connectivity index (χ0v) is 17.8. The number of amides is 2. The summed E-state index contributed by atoms with van der Waals surface area (Å²) in [5.74, 6) is -0.553. The largest absolute Gasteiger partial charge is 0.419 e. The molecule has 0 bridgehead atoms. The van der Waals surface area contributed by atoms with E-state index in [9.17, 15) is 18.0 Å². The van der Waals surface area contributed by atoms with E-state index in [0.29, 0.717) is 31.9 Å². The van der Waals surface area contributed by atoms with E-state index in [0.717, 1.165) is 30.2 Å². The summed E-state index contributed by atoms with van der Waals surface area (Å²) in [6, 6.07) is 12.4. The molecule has 7 nitrogen and oxygen atoms in total. The van der Waals surface area contributed by atoms with E-state index >= 15 is 0 Å². The quantitative estimate of drug-likeness (QED) is 0.628. The van der Waals surface area contributed by atoms with Crippen LogP contribution in [0.25, 0.3) is 11.3 Å². The third-order valence-electron chi connectivity index (χ3n) is 6.57. The van der Waals surface area contributed by atoms with Gasteiger partial charge in [0.15, 0.2) is 0 Å². The van der Waals surface area contributed by atoms with E-state index in [1.54, 1.807) is 4.90 Å². The number of nitrogens with zero attached hydrogens (tertiary/aromatic N) is 4. The summed E-state index contributed by atoms with van der Waals surface area (Å²) in [6.45, 7) is 2.27. The van der Waals surface area contributed by atoms with Crippen LogP contribution in [0.4, 0.5) is 23.8 Å². The monoisotopic (exact) mass is 456 g/mol. The van der Waals surface area contributed by atoms with Crippen molar-refractivity contribution in [2.45, 2.75) is 37.5 Å². The van der Waals surface area contributed by atoms with Crippen molar-refractivity contribution < 1.29 is 18.0 Å². The van der Waals surface area contributed by atoms with Crippen LogP contribution in [0.5, 0.6) is 0 Å². The van der Waals surface area contributed by atoms with Crippen molar-refractivity contribution >= 4 is 11.8 Å². The number of alkyl halides is 3. The molecule has 172 valence electrons. The minimum Gasteiger partial charge on any atom is -0.383 e. The van der Waals surface area contributed by atoms with Gasteiger partial charge in [-0.1, -0.05) is 30.3 Å². The molecular weight excluding hydrogens is 433 g/mol. The second kappa shape index (κ2) is 7.79. The zero-order chi connectivity index (χ0) is 23.2. The molecule has 0 aliphatic carbocycles. The van der Waals surface area contributed by atoms with E-state index in [1.807, 2.05) is 41.1 Å². The lowest BCUT2D eigenvalue weighted by Gasteiger charge is -2.23. The summed E-state index contributed by atoms with van der Waals surface area (Å²) >= 11 is 0. The molecule has 3 N–H and O–H groups in total. The lowest BCUT2D eigenvalue weighted by atomic mass is 9.82. The van der Waals surface area contributed by atoms with E-state index in [-0.39, 0.29) is 17.0 Å². The molecule has 2 aliphatic rings. The fraction of sp³-hybridized carbons (Fsp3) is 0.348. The Kier molecular flexibility index (Phi) is 5.02. The van der Waals surface area contributed by atoms with Crippen LogP contribution < -0.4 is 11.1 Å². The lowest BCUT2D eigenvalue weighted by molar-refractivity contribution is -0.137. The van der Waals surface area contributed by atoms with Gasteiger partial charge in [-0.3, -0.25) is 4.68 Å². The maximum atomic E-state index is 13.2. The van der Waals surface area contributed by atoms with Gasteiger partial charge in [-0.2, -0.15) is 18.3 Å². The maximum Gasteiger partial charge on any atom is 0.419 e. The van der Waals surface area contributed by atoms with Crippen molar-refractivity contribution in [1.82, 2.24) is 25.0 Å². The zero-order valence-electron chi connectivity index (χ0n) is 17.8. The van der Waals surface area contributed by atoms with Crippen LogP contribution >= 0.6 is 0 Å². The number of hydrogen-bond acceptors (Lipinski definition) is 4. The number of nitrogens with two attached hydrogens (primary N) is 1. The predicted octanol–water partition coefficient (Wildman–Crippen LogP) is 3.80. The van der Waals surface area contributed by atoms with Crippen LogP contribution in [-0.4, -0.2) is 38.8 Å². The van der Waals surface area contributed by atoms with E-state index < -0.39 is 17.6 Å². The normalized spacial score (nSPS) is 19.8. The first-order valence-corrected chi connectivity index (χ1v) is 10.7. The Morgan fingerprint density at radius 3 is 2.67 bits per heavy atom. The number of fused-ring (bicyclic) bond motifs is 2. The molecule has 33 heavy (non-hydrogen) atoms. The molecule has 0 unspecified atom stereocenters. The molecule has 1 atom stereocenters. The number of nitrogens with one attached hydrogen (secondary N) is 1. The number of benzene rings is 1. The molecule has 0 radical (unpaired) electrons. The predicted molar refractivity (Wildman–Crippen MR) is 116 cm³/mol. The fourth-order valence-electron chi connectivity index (χ4n) is 4.79. The number of carbonyl (C=O) groups excluding carboxylic acids is 1. The molecule has 10 heteroatoms. The van der Waals surface area contributed by atoms with Crippen LogP contribution in [-0.2, 0) is 24.7 Å². The standard InChI is InChI=1S/C23H23F3N6O/c24-23(25,26)17-10-16(13-28-20(17)27)18-11-19-22(7-9-32(19)30-18)6-8-31(14-22)21(33)29-12-15-4-2-1-3-5-15/h1-5,10-11,13H,6-9,12,14H2,(H2,27,28)(H,29,33)/t22-/m1/s1. The highest BCUT2D eigenvalue weighted by molar-refractivity contribution is 5.75. The highest BCUT2D eigenvalue weighted by Gasteiger charge is 2.47. The number of aromatic nitrogens is 3. The van der Waals surface area contributed by atoms with Crippen molar-refractivity contribution in [3.63, 3.8) is 0 Å². The lowest BCUT2D eigenvalue weighted by Crippen LogP contribution is -2.40. The highest BCUT2D eigenvalue weighted by atomic mass is 19.4. The van der Waals surface area contributed by atoms with E-state index in [2.05, 4.69) is 15.4 Å². The van der Waals surface area contributed by atoms with Crippen LogP contribution in [0.2, 0.25) is 0 Å². The minimum atomic E-state index is -4.59. The first-order valence-electron chi connectivity index (χ1n) is 10.7. The Morgan fingerprint density at radius 2 is 1.91 bits per heavy atom. The van der Waals surface area contributed by atoms with Crippen LogP contribution in [0, 0.1) is 0 Å². The smallest absolute Gasteiger partial charge is 0.383 e. The number of anilines is 1. The minimum absolute atomic E-state index is 0.119. The topological polar surface area (TPSA) is 89.1 Å². The Balaban J connectivity index is 1.33. The summed E-state index contributed by atoms with van der Waals surface area (Å²) in [6.07, 6.45) is -1.65. The van der Waals surface area contributed by atoms with Gasteiger partial charge in [0, 0.05) is 49.0 Å². The SMILES string of the molecule is Nc1ncc(-c2cc3n(n2)CC[C@@]32CCN(C(=O)NCc3ccccc3)C2)cc1C(F)(F)F. The van der Waals surface area contributed by atoms with Gasteiger partial charge < -0.3 is 16.0 Å². The van der Waals surface area contributed by atoms with Crippen LogP contribution in [0.1, 0.15) is 29.7 Å². The summed E-state index contributed by atoms with van der Waals surface area (Å²) in [5.41, 5.74) is 6.88. The summed E-state index contributed by atoms with van der Waals surface area (Å²) in [7, 11) is 0. The van der Waals surface area contributed by atoms with Crippen molar-refractivity contribution in [2.24, 2.45) is 0 Å². The van der Waals surface area contributed by atoms with E-state index in [1.165, 1.54) is 6.20 Å². The fourth-order valence-corrected chi connectivity index (χ4v) is 4.79. The number of carbonyl (C=O) groups is 1. The number of rotatable bonds is 3. The van der Waals surface area contributed by atoms with Gasteiger partial charge in [-0.25, -0.2) is 9.78 Å². The van der Waals surface area contributed by atoms with Crippen molar-refractivity contribution in [3.05, 3.63) is 65.5 Å². The molecule has 1 aromatic carbocycles. The van der Waals surface area contributed by atoms with E-state index in [4.69, 9.17) is 5.73 Å². The first-order chi connectivity index (χ1) is 15.7. The number of hydrogen-bond donors (Lipinski definition) is 2. The van der Waals surface area contributed by atoms with Gasteiger partial charge in [0.25, 0.3) is 0 Å². The summed E-state index contributed by atoms with van der Waals surface area (Å²) < 4.78 is 41.6. The second-order valence-corrected chi connectivity index (χ2v) is 8.64. The van der Waals surface area contributed by atoms with Crippen LogP contribution in [0.3, 0.4) is 0 Å². The highest BCUT2D eigenvalue weighted by Crippen LogP contribution is 2.44. The van der Waals surface area contributed by atoms with Crippen molar-refractivity contribution in [1.29, 1.82) is 0 Å². The Labute approximate surface area is 188 Å². The summed E-state index contributed by atoms with van der Waals surface area (Å²) in [4.78, 5) is 18.3. The van der Waals surface area contributed by atoms with Gasteiger partial charge in [0.1, 0.15) is 5.82 Å². The third-order valence-corrected chi connectivity index (χ3v) is 6.57. The number of pyridine rings is 1. The molecule has 1 spiro atoms. The molecule has 1 saturated heterocycles. The molecule has 4 heterocycles. The molecule has 0 saturated carbocycles. The number of aryl methyl sites for hydroxylation is 1. The maximum absolute atomic E-state index is 13.2. The number of urea groups is 1. The molecule has 2 aromatic heterocycles. The molecular formula is C23H23F3N6O. The molecule has 3 aromatic rings. The average molecular weight is 456 g/mol. The second-order valence-electron chi connectivity index (χ2n) is 8.64. The van der Waals surface area contributed by atoms with Crippen molar-refractivity contribution in [3.8, 4) is 11.3 Å². The Morgan fingerprint density at radius 1 is 1.15 bits per heavy atom. The van der Waals surface area contributed by atoms with Gasteiger partial charge in [0.05, 0.1) is 11.3 Å². The van der Waals surface area contributed by atoms with Gasteiger partial charge >= 0.3 is 12.2 Å². The first kappa shape index (κ1) is 21.3. The number of likely N-dealkylation sites (tertiary alicyclic amines) is 1. The Hall–Kier alpha value is -3.56. The van der Waals surface area contributed by atoms with Gasteiger partial charge in [-0.15, -0.1) is 0 Å². The summed E-state index contributed by atoms with van der Waals surface area (Å²) in [5, 5.41) is 7.49. The molecule has 1 fully saturated rings. The number of nitrogen functional groups attached to an aromatic ring is 1. The van der Waals surface area contributed by atoms with Gasteiger partial charge in [0.2, 0.25) is 0 Å². The van der Waals surface area contributed by atoms with Crippen molar-refractivity contribution in [2.75, 3.05) is 18.8 Å².